The molecule has 1 aliphatic heterocycles. The monoisotopic (exact) mass is 359 g/mol. The smallest absolute Gasteiger partial charge is 0.212 e. The maximum atomic E-state index is 13.1. The molecule has 4 nitrogen and oxygen atoms in total. The van der Waals surface area contributed by atoms with Crippen LogP contribution in [0.4, 0.5) is 0 Å². The number of hydroxylamine groups is 2. The van der Waals surface area contributed by atoms with E-state index in [1.807, 2.05) is 5.06 Å². The first-order chi connectivity index (χ1) is 9.68. The van der Waals surface area contributed by atoms with E-state index >= 15 is 0 Å². The predicted molar refractivity (Wildman–Crippen MR) is 98.6 cm³/mol. The van der Waals surface area contributed by atoms with Crippen LogP contribution in [0.25, 0.3) is 0 Å². The molecule has 0 radical (unpaired) electrons. The van der Waals surface area contributed by atoms with E-state index < -0.39 is 24.7 Å². The molecule has 1 saturated heterocycles. The maximum Gasteiger partial charge on any atom is 0.212 e. The van der Waals surface area contributed by atoms with Crippen LogP contribution < -0.4 is 0 Å². The Bertz CT molecular complexity index is 464. The van der Waals surface area contributed by atoms with Gasteiger partial charge in [0.1, 0.15) is 19.0 Å². The predicted octanol–water partition coefficient (Wildman–Crippen LogP) is 3.64. The van der Waals surface area contributed by atoms with Crippen molar-refractivity contribution >= 4 is 30.1 Å². The van der Waals surface area contributed by atoms with Gasteiger partial charge in [0.25, 0.3) is 0 Å². The third kappa shape index (κ3) is 3.49. The average Bonchev–Trinajstić information content (AvgIpc) is 2.68. The van der Waals surface area contributed by atoms with Crippen molar-refractivity contribution in [3.05, 3.63) is 0 Å². The largest absolute Gasteiger partial charge is 0.413 e. The van der Waals surface area contributed by atoms with Crippen LogP contribution in [0.3, 0.4) is 0 Å². The molecule has 2 rings (SSSR count). The van der Waals surface area contributed by atoms with Crippen LogP contribution in [0.2, 0.25) is 58.9 Å². The van der Waals surface area contributed by atoms with Crippen LogP contribution in [-0.2, 0) is 13.7 Å². The molecule has 0 bridgehead atoms. The van der Waals surface area contributed by atoms with Crippen LogP contribution in [0, 0.1) is 0 Å². The van der Waals surface area contributed by atoms with Gasteiger partial charge in [0, 0.05) is 0 Å². The highest BCUT2D eigenvalue weighted by molar-refractivity contribution is 7.04. The summed E-state index contributed by atoms with van der Waals surface area (Å²) in [5.41, 5.74) is -0.366. The fourth-order valence-electron chi connectivity index (χ4n) is 3.57. The van der Waals surface area contributed by atoms with Gasteiger partial charge in [0.15, 0.2) is 8.32 Å². The van der Waals surface area contributed by atoms with Crippen LogP contribution in [-0.4, -0.2) is 52.9 Å². The normalized spacial score (nSPS) is 35.4. The summed E-state index contributed by atoms with van der Waals surface area (Å²) < 4.78 is 12.7. The summed E-state index contributed by atoms with van der Waals surface area (Å²) in [6.45, 7) is 19.7. The summed E-state index contributed by atoms with van der Waals surface area (Å²) in [4.78, 5) is 13.1. The number of piperidine rings is 1. The fraction of sp³-hybridized carbons (Fsp3) is 0.933. The molecule has 1 heterocycles. The molecule has 2 aliphatic rings. The Morgan fingerprint density at radius 1 is 1.00 bits per heavy atom. The summed E-state index contributed by atoms with van der Waals surface area (Å²) in [6.07, 6.45) is 2.07. The van der Waals surface area contributed by atoms with Crippen LogP contribution >= 0.6 is 0 Å². The van der Waals surface area contributed by atoms with Crippen molar-refractivity contribution in [3.63, 3.8) is 0 Å². The molecule has 22 heavy (non-hydrogen) atoms. The van der Waals surface area contributed by atoms with Gasteiger partial charge in [-0.15, -0.1) is 0 Å². The van der Waals surface area contributed by atoms with Gasteiger partial charge in [-0.05, 0) is 52.1 Å². The zero-order chi connectivity index (χ0) is 17.1. The Kier molecular flexibility index (Phi) is 4.51. The molecular formula is C15H33NO3Si3. The standard InChI is InChI=1S/C15H33NO3Si3/c1-20(2,3)14(17)15-11-10-12(18-21(4,5)6)13(15)16(15)19-22(7,8)9/h12-13H,10-11H2,1-9H3. The number of fused-ring (bicyclic) bond motifs is 1. The van der Waals surface area contributed by atoms with E-state index in [-0.39, 0.29) is 17.7 Å². The first kappa shape index (κ1) is 18.5. The number of carbonyl (C=O) groups is 1. The Hall–Kier alpha value is 0.201. The van der Waals surface area contributed by atoms with E-state index in [1.165, 1.54) is 0 Å². The summed E-state index contributed by atoms with van der Waals surface area (Å²) in [7, 11) is -5.18. The van der Waals surface area contributed by atoms with E-state index in [0.29, 0.717) is 5.41 Å². The molecule has 7 heteroatoms. The van der Waals surface area contributed by atoms with Crippen LogP contribution in [0.1, 0.15) is 12.8 Å². The molecule has 0 N–H and O–H groups in total. The Labute approximate surface area is 138 Å². The van der Waals surface area contributed by atoms with Crippen LogP contribution in [0.5, 0.6) is 0 Å². The van der Waals surface area contributed by atoms with Gasteiger partial charge in [-0.25, -0.2) is 0 Å². The van der Waals surface area contributed by atoms with Gasteiger partial charge in [0.05, 0.1) is 12.1 Å². The SMILES string of the molecule is C[Si](C)(C)OC1CCC2(C(=O)[Si](C)(C)C)C1N2O[Si](C)(C)C. The molecule has 4 unspecified atom stereocenters. The molecule has 128 valence electrons. The molecule has 4 atom stereocenters. The zero-order valence-electron chi connectivity index (χ0n) is 15.7. The zero-order valence-corrected chi connectivity index (χ0v) is 18.7. The number of hydrogen-bond acceptors (Lipinski definition) is 4. The van der Waals surface area contributed by atoms with E-state index in [9.17, 15) is 4.79 Å². The van der Waals surface area contributed by atoms with Crippen molar-refractivity contribution < 1.29 is 13.7 Å². The quantitative estimate of drug-likeness (QED) is 0.536. The van der Waals surface area contributed by atoms with Crippen LogP contribution in [0.15, 0.2) is 0 Å². The maximum absolute atomic E-state index is 13.1. The lowest BCUT2D eigenvalue weighted by Gasteiger charge is -2.28. The van der Waals surface area contributed by atoms with Gasteiger partial charge in [-0.3, -0.25) is 0 Å². The van der Waals surface area contributed by atoms with Gasteiger partial charge >= 0.3 is 0 Å². The Morgan fingerprint density at radius 2 is 1.55 bits per heavy atom. The third-order valence-electron chi connectivity index (χ3n) is 4.18. The van der Waals surface area contributed by atoms with E-state index in [1.54, 1.807) is 0 Å². The number of carbonyl (C=O) groups excluding carboxylic acids is 1. The van der Waals surface area contributed by atoms with Gasteiger partial charge in [-0.2, -0.15) is 5.06 Å². The molecule has 2 fully saturated rings. The molecular weight excluding hydrogens is 326 g/mol. The van der Waals surface area contributed by atoms with Crippen molar-refractivity contribution in [1.82, 2.24) is 5.06 Å². The van der Waals surface area contributed by atoms with E-state index in [0.717, 1.165) is 12.8 Å². The first-order valence-corrected chi connectivity index (χ1v) is 18.7. The van der Waals surface area contributed by atoms with Crippen molar-refractivity contribution in [2.75, 3.05) is 0 Å². The van der Waals surface area contributed by atoms with Crippen molar-refractivity contribution in [2.45, 2.75) is 89.4 Å². The lowest BCUT2D eigenvalue weighted by atomic mass is 10.1. The van der Waals surface area contributed by atoms with Gasteiger partial charge in [-0.1, -0.05) is 19.6 Å². The molecule has 1 saturated carbocycles. The second-order valence-corrected chi connectivity index (χ2v) is 23.6. The third-order valence-corrected chi connectivity index (χ3v) is 7.73. The molecule has 0 spiro atoms. The van der Waals surface area contributed by atoms with Crippen molar-refractivity contribution in [2.24, 2.45) is 0 Å². The van der Waals surface area contributed by atoms with Gasteiger partial charge in [0.2, 0.25) is 8.32 Å². The highest BCUT2D eigenvalue weighted by Crippen LogP contribution is 2.57. The van der Waals surface area contributed by atoms with Crippen molar-refractivity contribution in [1.29, 1.82) is 0 Å². The minimum Gasteiger partial charge on any atom is -0.413 e. The lowest BCUT2D eigenvalue weighted by Crippen LogP contribution is -2.47. The summed E-state index contributed by atoms with van der Waals surface area (Å²) >= 11 is 0. The van der Waals surface area contributed by atoms with Crippen molar-refractivity contribution in [3.8, 4) is 0 Å². The van der Waals surface area contributed by atoms with Gasteiger partial charge < -0.3 is 13.7 Å². The summed E-state index contributed by atoms with van der Waals surface area (Å²) in [5.74, 6) is 0. The first-order valence-electron chi connectivity index (χ1n) is 8.40. The lowest BCUT2D eigenvalue weighted by molar-refractivity contribution is -0.120. The van der Waals surface area contributed by atoms with E-state index in [4.69, 9.17) is 8.95 Å². The topological polar surface area (TPSA) is 38.5 Å². The van der Waals surface area contributed by atoms with E-state index in [2.05, 4.69) is 58.9 Å². The fourth-order valence-corrected chi connectivity index (χ4v) is 7.28. The Balaban J connectivity index is 2.25. The minimum atomic E-state index is -1.85. The molecule has 1 aliphatic carbocycles. The Morgan fingerprint density at radius 3 is 1.95 bits per heavy atom. The molecule has 0 amide bonds. The highest BCUT2D eigenvalue weighted by Gasteiger charge is 2.76. The second-order valence-electron chi connectivity index (χ2n) is 9.79. The number of hydrogen-bond donors (Lipinski definition) is 0. The highest BCUT2D eigenvalue weighted by atomic mass is 28.4. The average molecular weight is 360 g/mol. The molecule has 0 aromatic carbocycles. The number of nitrogens with zero attached hydrogens (tertiary/aromatic N) is 1. The second kappa shape index (κ2) is 5.35. The number of rotatable bonds is 6. The summed E-state index contributed by atoms with van der Waals surface area (Å²) in [5, 5.41) is 2.50. The molecule has 0 aromatic rings. The molecule has 0 aromatic heterocycles. The summed E-state index contributed by atoms with van der Waals surface area (Å²) in [6, 6.07) is 0.158. The minimum absolute atomic E-state index is 0.158.